The van der Waals surface area contributed by atoms with Gasteiger partial charge in [0.1, 0.15) is 18.1 Å². The van der Waals surface area contributed by atoms with Crippen molar-refractivity contribution in [3.63, 3.8) is 0 Å². The molecular formula is C18H23NO4S. The smallest absolute Gasteiger partial charge is 0.265 e. The minimum absolute atomic E-state index is 0.00917. The van der Waals surface area contributed by atoms with E-state index in [-0.39, 0.29) is 11.9 Å². The van der Waals surface area contributed by atoms with Gasteiger partial charge in [0.15, 0.2) is 11.5 Å². The van der Waals surface area contributed by atoms with Gasteiger partial charge in [-0.3, -0.25) is 4.79 Å². The zero-order chi connectivity index (χ0) is 16.1. The van der Waals surface area contributed by atoms with Crippen LogP contribution >= 0.6 is 11.3 Å². The number of thiophene rings is 1. The lowest BCUT2D eigenvalue weighted by atomic mass is 9.61. The summed E-state index contributed by atoms with van der Waals surface area (Å²) in [5.41, 5.74) is 0. The summed E-state index contributed by atoms with van der Waals surface area (Å²) in [6.07, 6.45) is 6.66. The standard InChI is InChI=1S/C18H23NO4S/c20-18(17-16-12(9-24-17)21-7-8-23-16)19-14-11-5-6-22-15(11)13(14)10-3-1-2-4-10/h9-11,13-15H,1-8H2,(H,19,20)/t11-,13+,14-,15-/m0/s1. The highest BCUT2D eigenvalue weighted by atomic mass is 32.1. The first-order valence-corrected chi connectivity index (χ1v) is 10.0. The summed E-state index contributed by atoms with van der Waals surface area (Å²) >= 11 is 1.42. The molecule has 4 aliphatic rings. The average molecular weight is 349 g/mol. The molecule has 24 heavy (non-hydrogen) atoms. The third kappa shape index (κ3) is 2.26. The Kier molecular flexibility index (Phi) is 3.70. The largest absolute Gasteiger partial charge is 0.485 e. The first kappa shape index (κ1) is 15.0. The molecule has 0 aromatic carbocycles. The molecule has 6 heteroatoms. The monoisotopic (exact) mass is 349 g/mol. The predicted molar refractivity (Wildman–Crippen MR) is 89.9 cm³/mol. The normalized spacial score (nSPS) is 34.7. The van der Waals surface area contributed by atoms with Crippen LogP contribution in [0.4, 0.5) is 0 Å². The van der Waals surface area contributed by atoms with Crippen molar-refractivity contribution in [1.82, 2.24) is 5.32 Å². The molecule has 3 fully saturated rings. The quantitative estimate of drug-likeness (QED) is 0.912. The van der Waals surface area contributed by atoms with Gasteiger partial charge < -0.3 is 19.5 Å². The van der Waals surface area contributed by atoms with Gasteiger partial charge >= 0.3 is 0 Å². The summed E-state index contributed by atoms with van der Waals surface area (Å²) in [7, 11) is 0. The number of nitrogens with one attached hydrogen (secondary N) is 1. The Morgan fingerprint density at radius 1 is 1.12 bits per heavy atom. The molecule has 5 rings (SSSR count). The first-order valence-electron chi connectivity index (χ1n) is 9.12. The molecule has 0 spiro atoms. The fourth-order valence-electron chi connectivity index (χ4n) is 5.10. The third-order valence-corrected chi connectivity index (χ3v) is 7.13. The Morgan fingerprint density at radius 3 is 2.83 bits per heavy atom. The molecule has 1 amide bonds. The predicted octanol–water partition coefficient (Wildman–Crippen LogP) is 2.84. The van der Waals surface area contributed by atoms with Crippen LogP contribution in [0.15, 0.2) is 5.38 Å². The lowest BCUT2D eigenvalue weighted by Gasteiger charge is -2.50. The molecule has 130 valence electrons. The van der Waals surface area contributed by atoms with E-state index >= 15 is 0 Å². The maximum atomic E-state index is 12.9. The number of carbonyl (C=O) groups is 1. The van der Waals surface area contributed by atoms with E-state index in [1.807, 2.05) is 5.38 Å². The Labute approximate surface area is 145 Å². The summed E-state index contributed by atoms with van der Waals surface area (Å²) in [5, 5.41) is 5.20. The van der Waals surface area contributed by atoms with Crippen LogP contribution in [0.5, 0.6) is 11.5 Å². The van der Waals surface area contributed by atoms with E-state index < -0.39 is 0 Å². The molecule has 4 atom stereocenters. The molecule has 2 aliphatic carbocycles. The van der Waals surface area contributed by atoms with Crippen molar-refractivity contribution in [2.45, 2.75) is 44.2 Å². The lowest BCUT2D eigenvalue weighted by molar-refractivity contribution is -0.0784. The van der Waals surface area contributed by atoms with Crippen LogP contribution in [-0.4, -0.2) is 37.9 Å². The minimum Gasteiger partial charge on any atom is -0.485 e. The Bertz CT molecular complexity index is 634. The number of hydrogen-bond acceptors (Lipinski definition) is 5. The lowest BCUT2D eigenvalue weighted by Crippen LogP contribution is -2.63. The second kappa shape index (κ2) is 5.92. The molecule has 2 saturated carbocycles. The van der Waals surface area contributed by atoms with E-state index in [4.69, 9.17) is 14.2 Å². The van der Waals surface area contributed by atoms with Gasteiger partial charge in [-0.1, -0.05) is 25.7 Å². The van der Waals surface area contributed by atoms with Crippen molar-refractivity contribution in [2.24, 2.45) is 17.8 Å². The zero-order valence-corrected chi connectivity index (χ0v) is 14.5. The molecule has 1 N–H and O–H groups in total. The van der Waals surface area contributed by atoms with Crippen LogP contribution in [0.1, 0.15) is 41.8 Å². The van der Waals surface area contributed by atoms with Crippen molar-refractivity contribution in [3.05, 3.63) is 10.3 Å². The van der Waals surface area contributed by atoms with Crippen LogP contribution in [0.3, 0.4) is 0 Å². The summed E-state index contributed by atoms with van der Waals surface area (Å²) in [6.45, 7) is 1.91. The van der Waals surface area contributed by atoms with E-state index in [1.165, 1.54) is 37.0 Å². The topological polar surface area (TPSA) is 56.8 Å². The van der Waals surface area contributed by atoms with Gasteiger partial charge in [-0.05, 0) is 12.3 Å². The molecule has 0 radical (unpaired) electrons. The second-order valence-corrected chi connectivity index (χ2v) is 8.24. The van der Waals surface area contributed by atoms with Gasteiger partial charge in [0.2, 0.25) is 0 Å². The number of ether oxygens (including phenoxy) is 3. The van der Waals surface area contributed by atoms with Gasteiger partial charge in [0.05, 0.1) is 6.10 Å². The number of fused-ring (bicyclic) bond motifs is 2. The minimum atomic E-state index is -0.00917. The molecular weight excluding hydrogens is 326 g/mol. The van der Waals surface area contributed by atoms with Gasteiger partial charge in [0, 0.05) is 29.9 Å². The maximum Gasteiger partial charge on any atom is 0.265 e. The fourth-order valence-corrected chi connectivity index (χ4v) is 5.93. The number of carbonyl (C=O) groups excluding carboxylic acids is 1. The number of amides is 1. The van der Waals surface area contributed by atoms with Crippen LogP contribution in [0.2, 0.25) is 0 Å². The van der Waals surface area contributed by atoms with E-state index in [0.29, 0.717) is 53.4 Å². The molecule has 5 nitrogen and oxygen atoms in total. The highest BCUT2D eigenvalue weighted by Crippen LogP contribution is 2.51. The zero-order valence-electron chi connectivity index (χ0n) is 13.7. The second-order valence-electron chi connectivity index (χ2n) is 7.36. The maximum absolute atomic E-state index is 12.9. The van der Waals surface area contributed by atoms with Crippen molar-refractivity contribution in [1.29, 1.82) is 0 Å². The van der Waals surface area contributed by atoms with E-state index in [9.17, 15) is 4.79 Å². The first-order chi connectivity index (χ1) is 11.8. The van der Waals surface area contributed by atoms with Gasteiger partial charge in [-0.2, -0.15) is 0 Å². The molecule has 3 heterocycles. The fraction of sp³-hybridized carbons (Fsp3) is 0.722. The Balaban J connectivity index is 1.34. The molecule has 1 aromatic heterocycles. The summed E-state index contributed by atoms with van der Waals surface area (Å²) < 4.78 is 17.2. The molecule has 0 unspecified atom stereocenters. The van der Waals surface area contributed by atoms with E-state index in [0.717, 1.165) is 13.0 Å². The summed E-state index contributed by atoms with van der Waals surface area (Å²) in [6, 6.07) is 0.260. The highest BCUT2D eigenvalue weighted by Gasteiger charge is 2.57. The van der Waals surface area contributed by atoms with E-state index in [1.54, 1.807) is 0 Å². The summed E-state index contributed by atoms with van der Waals surface area (Å²) in [5.74, 6) is 3.03. The van der Waals surface area contributed by atoms with Crippen LogP contribution in [0, 0.1) is 17.8 Å². The van der Waals surface area contributed by atoms with Gasteiger partial charge in [-0.25, -0.2) is 0 Å². The van der Waals surface area contributed by atoms with Crippen LogP contribution < -0.4 is 14.8 Å². The van der Waals surface area contributed by atoms with E-state index in [2.05, 4.69) is 5.32 Å². The molecule has 2 aliphatic heterocycles. The number of rotatable bonds is 3. The van der Waals surface area contributed by atoms with Crippen LogP contribution in [0.25, 0.3) is 0 Å². The van der Waals surface area contributed by atoms with Crippen molar-refractivity contribution >= 4 is 17.2 Å². The summed E-state index contributed by atoms with van der Waals surface area (Å²) in [4.78, 5) is 13.5. The van der Waals surface area contributed by atoms with Crippen molar-refractivity contribution < 1.29 is 19.0 Å². The molecule has 1 aromatic rings. The molecule has 1 saturated heterocycles. The highest BCUT2D eigenvalue weighted by molar-refractivity contribution is 7.12. The number of hydrogen-bond donors (Lipinski definition) is 1. The molecule has 0 bridgehead atoms. The van der Waals surface area contributed by atoms with Gasteiger partial charge in [-0.15, -0.1) is 11.3 Å². The average Bonchev–Trinajstić information content (AvgIpc) is 3.33. The van der Waals surface area contributed by atoms with Gasteiger partial charge in [0.25, 0.3) is 5.91 Å². The van der Waals surface area contributed by atoms with Crippen molar-refractivity contribution in [2.75, 3.05) is 19.8 Å². The van der Waals surface area contributed by atoms with Crippen molar-refractivity contribution in [3.8, 4) is 11.5 Å². The van der Waals surface area contributed by atoms with Crippen LogP contribution in [-0.2, 0) is 4.74 Å². The Morgan fingerprint density at radius 2 is 1.96 bits per heavy atom. The third-order valence-electron chi connectivity index (χ3n) is 6.19. The SMILES string of the molecule is O=C(N[C@H]1[C@@H]2CCO[C@@H]2[C@@H]1C1CCCC1)c1scc2c1OCCO2. The Hall–Kier alpha value is -1.27.